The fourth-order valence-corrected chi connectivity index (χ4v) is 10.1. The van der Waals surface area contributed by atoms with Crippen LogP contribution >= 0.6 is 23.2 Å². The number of hydrogen-bond donors (Lipinski definition) is 2. The molecule has 3 aliphatic carbocycles. The fraction of sp³-hybridized carbons (Fsp3) is 0.438. The zero-order chi connectivity index (χ0) is 42.8. The Balaban J connectivity index is 1.09. The maximum Gasteiger partial charge on any atom is 0.309 e. The lowest BCUT2D eigenvalue weighted by atomic mass is 9.57. The summed E-state index contributed by atoms with van der Waals surface area (Å²) in [5, 5.41) is 20.0. The molecule has 0 aliphatic heterocycles. The molecule has 318 valence electrons. The van der Waals surface area contributed by atoms with Gasteiger partial charge < -0.3 is 24.7 Å². The van der Waals surface area contributed by atoms with Crippen LogP contribution in [-0.2, 0) is 29.2 Å². The number of halogens is 3. The molecule has 0 saturated heterocycles. The maximum atomic E-state index is 15.8. The number of hydrogen-bond acceptors (Lipinski definition) is 7. The Bertz CT molecular complexity index is 2370. The third-order valence-corrected chi connectivity index (χ3v) is 14.1. The molecule has 1 heterocycles. The van der Waals surface area contributed by atoms with Crippen molar-refractivity contribution >= 4 is 45.9 Å². The molecule has 1 atom stereocenters. The molecule has 0 amide bonds. The number of aliphatic carboxylic acids is 1. The molecule has 0 radical (unpaired) electrons. The summed E-state index contributed by atoms with van der Waals surface area (Å²) in [6.07, 6.45) is 8.96. The zero-order valence-corrected chi connectivity index (χ0v) is 36.7. The average molecular weight is 858 g/mol. The van der Waals surface area contributed by atoms with Crippen LogP contribution in [-0.4, -0.2) is 64.9 Å². The van der Waals surface area contributed by atoms with Crippen molar-refractivity contribution in [3.63, 3.8) is 0 Å². The predicted molar refractivity (Wildman–Crippen MR) is 237 cm³/mol. The van der Waals surface area contributed by atoms with Gasteiger partial charge in [-0.3, -0.25) is 14.4 Å². The normalized spacial score (nSPS) is 19.2. The second-order valence-electron chi connectivity index (χ2n) is 17.1. The largest absolute Gasteiger partial charge is 0.496 e. The number of rotatable bonds is 18. The molecule has 3 aliphatic rings. The van der Waals surface area contributed by atoms with Crippen molar-refractivity contribution in [2.24, 2.45) is 11.3 Å². The lowest BCUT2D eigenvalue weighted by Crippen LogP contribution is -2.56. The van der Waals surface area contributed by atoms with E-state index in [0.29, 0.717) is 90.3 Å². The Morgan fingerprint density at radius 1 is 0.950 bits per heavy atom. The van der Waals surface area contributed by atoms with Crippen LogP contribution in [0.3, 0.4) is 0 Å². The van der Waals surface area contributed by atoms with Crippen molar-refractivity contribution in [1.82, 2.24) is 20.0 Å². The van der Waals surface area contributed by atoms with Crippen LogP contribution in [0, 0.1) is 17.2 Å². The molecule has 3 saturated carbocycles. The van der Waals surface area contributed by atoms with E-state index in [9.17, 15) is 14.7 Å². The summed E-state index contributed by atoms with van der Waals surface area (Å²) in [4.78, 5) is 25.7. The van der Waals surface area contributed by atoms with Gasteiger partial charge in [0.05, 0.1) is 42.9 Å². The summed E-state index contributed by atoms with van der Waals surface area (Å²) in [6, 6.07) is 19.1. The highest BCUT2D eigenvalue weighted by Crippen LogP contribution is 2.55. The first-order valence-electron chi connectivity index (χ1n) is 20.9. The Labute approximate surface area is 362 Å². The quantitative estimate of drug-likeness (QED) is 0.0898. The van der Waals surface area contributed by atoms with E-state index < -0.39 is 11.4 Å². The van der Waals surface area contributed by atoms with Gasteiger partial charge in [-0.05, 0) is 125 Å². The number of ketones is 1. The first-order valence-corrected chi connectivity index (χ1v) is 21.6. The van der Waals surface area contributed by atoms with E-state index in [4.69, 9.17) is 37.8 Å². The summed E-state index contributed by atoms with van der Waals surface area (Å²) in [5.74, 6) is 0.699. The average Bonchev–Trinajstić information content (AvgIpc) is 3.65. The molecule has 5 aromatic rings. The molecule has 8 rings (SSSR count). The Morgan fingerprint density at radius 3 is 2.32 bits per heavy atom. The minimum absolute atomic E-state index is 0.0229. The van der Waals surface area contributed by atoms with Crippen LogP contribution in [0.15, 0.2) is 66.9 Å². The van der Waals surface area contributed by atoms with Crippen molar-refractivity contribution in [1.29, 1.82) is 0 Å². The number of Topliss-reactive ketones (excluding diaryl/α,β-unsaturated/α-hetero) is 1. The molecular weight excluding hydrogens is 802 g/mol. The van der Waals surface area contributed by atoms with Crippen LogP contribution in [0.4, 0.5) is 4.39 Å². The van der Waals surface area contributed by atoms with E-state index in [-0.39, 0.29) is 17.1 Å². The van der Waals surface area contributed by atoms with Crippen molar-refractivity contribution in [2.45, 2.75) is 96.8 Å². The van der Waals surface area contributed by atoms with Gasteiger partial charge in [-0.2, -0.15) is 5.10 Å². The molecule has 2 bridgehead atoms. The van der Waals surface area contributed by atoms with Crippen molar-refractivity contribution in [3.05, 3.63) is 99.4 Å². The number of carbonyl (C=O) groups is 2. The summed E-state index contributed by atoms with van der Waals surface area (Å²) in [7, 11) is 5.34. The van der Waals surface area contributed by atoms with Crippen LogP contribution < -0.4 is 14.8 Å². The number of methoxy groups -OCH3 is 2. The van der Waals surface area contributed by atoms with E-state index in [1.807, 2.05) is 65.5 Å². The summed E-state index contributed by atoms with van der Waals surface area (Å²) < 4.78 is 29.3. The standard InChI is InChI=1S/C48H55Cl2FN4O5/c1-30(9-6-10-31(2)56)25-52-26-39-41(51)22-32(23-44(39)60-5)35-11-7-13-37(45(35)50)36-12-8-14-42-38(36)27-53-55(42)29-33-24-43(59-4)34(21-40(33)49)28-54(3)48-18-15-47(16-19-48,17-20-48)46(57)58/h7-8,11-14,21-24,27,30,52H,6,9-10,15-20,25-26,28-29H2,1-5H3,(H,57,58)/t30-,47?,48?/m0/s1. The van der Waals surface area contributed by atoms with Crippen molar-refractivity contribution in [2.75, 3.05) is 27.8 Å². The number of aromatic nitrogens is 2. The molecule has 0 unspecified atom stereocenters. The number of nitrogens with one attached hydrogen (secondary N) is 1. The molecule has 12 heteroatoms. The Morgan fingerprint density at radius 2 is 1.63 bits per heavy atom. The van der Waals surface area contributed by atoms with E-state index in [1.54, 1.807) is 21.1 Å². The fourth-order valence-electron chi connectivity index (χ4n) is 9.51. The van der Waals surface area contributed by atoms with Gasteiger partial charge in [-0.1, -0.05) is 60.5 Å². The van der Waals surface area contributed by atoms with Gasteiger partial charge in [0.15, 0.2) is 0 Å². The second-order valence-corrected chi connectivity index (χ2v) is 17.9. The van der Waals surface area contributed by atoms with Gasteiger partial charge in [0, 0.05) is 57.7 Å². The molecule has 2 N–H and O–H groups in total. The molecule has 9 nitrogen and oxygen atoms in total. The summed E-state index contributed by atoms with van der Waals surface area (Å²) in [5.41, 5.74) is 5.59. The molecule has 3 fully saturated rings. The molecule has 1 aromatic heterocycles. The van der Waals surface area contributed by atoms with Gasteiger partial charge in [0.25, 0.3) is 0 Å². The van der Waals surface area contributed by atoms with E-state index >= 15 is 4.39 Å². The van der Waals surface area contributed by atoms with Gasteiger partial charge in [-0.25, -0.2) is 4.39 Å². The molecule has 0 spiro atoms. The predicted octanol–water partition coefficient (Wildman–Crippen LogP) is 11.0. The zero-order valence-electron chi connectivity index (χ0n) is 35.2. The van der Waals surface area contributed by atoms with E-state index in [2.05, 4.69) is 24.2 Å². The SMILES string of the molecule is COc1cc(Cn2ncc3c(-c4cccc(-c5cc(F)c(CNC[C@@H](C)CCCC(C)=O)c(OC)c5)c4Cl)cccc32)c(Cl)cc1CN(C)C12CCC(C(=O)O)(CC1)CC2. The van der Waals surface area contributed by atoms with Crippen LogP contribution in [0.5, 0.6) is 11.5 Å². The van der Waals surface area contributed by atoms with Crippen LogP contribution in [0.25, 0.3) is 33.2 Å². The number of ether oxygens (including phenoxy) is 2. The lowest BCUT2D eigenvalue weighted by molar-refractivity contribution is -0.160. The first kappa shape index (κ1) is 43.6. The molecular formula is C48H55Cl2FN4O5. The van der Waals surface area contributed by atoms with Gasteiger partial charge in [0.2, 0.25) is 0 Å². The maximum absolute atomic E-state index is 15.8. The second kappa shape index (κ2) is 18.2. The van der Waals surface area contributed by atoms with Gasteiger partial charge >= 0.3 is 5.97 Å². The molecule has 60 heavy (non-hydrogen) atoms. The van der Waals surface area contributed by atoms with Crippen molar-refractivity contribution in [3.8, 4) is 33.8 Å². The first-order chi connectivity index (χ1) is 28.8. The monoisotopic (exact) mass is 856 g/mol. The summed E-state index contributed by atoms with van der Waals surface area (Å²) in [6.45, 7) is 5.80. The molecule has 4 aromatic carbocycles. The smallest absolute Gasteiger partial charge is 0.309 e. The highest BCUT2D eigenvalue weighted by atomic mass is 35.5. The topological polar surface area (TPSA) is 106 Å². The minimum atomic E-state index is -0.650. The third-order valence-electron chi connectivity index (χ3n) is 13.3. The van der Waals surface area contributed by atoms with Crippen molar-refractivity contribution < 1.29 is 28.6 Å². The Hall–Kier alpha value is -4.48. The van der Waals surface area contributed by atoms with Crippen LogP contribution in [0.2, 0.25) is 10.0 Å². The number of benzene rings is 4. The summed E-state index contributed by atoms with van der Waals surface area (Å²) >= 11 is 14.2. The number of nitrogens with zero attached hydrogens (tertiary/aromatic N) is 3. The van der Waals surface area contributed by atoms with E-state index in [0.717, 1.165) is 71.0 Å². The third kappa shape index (κ3) is 8.80. The van der Waals surface area contributed by atoms with Gasteiger partial charge in [-0.15, -0.1) is 0 Å². The highest BCUT2D eigenvalue weighted by molar-refractivity contribution is 6.36. The van der Waals surface area contributed by atoms with Gasteiger partial charge in [0.1, 0.15) is 23.1 Å². The minimum Gasteiger partial charge on any atom is -0.496 e. The number of fused-ring (bicyclic) bond motifs is 4. The number of carboxylic acid groups (broad SMARTS) is 1. The highest BCUT2D eigenvalue weighted by Gasteiger charge is 2.54. The lowest BCUT2D eigenvalue weighted by Gasteiger charge is -2.55. The van der Waals surface area contributed by atoms with Crippen LogP contribution in [0.1, 0.15) is 88.3 Å². The van der Waals surface area contributed by atoms with E-state index in [1.165, 1.54) is 6.07 Å². The Kier molecular flexibility index (Phi) is 13.3. The number of carboxylic acids is 1. The number of carbonyl (C=O) groups excluding carboxylic acids is 1.